The van der Waals surface area contributed by atoms with E-state index in [9.17, 15) is 4.79 Å². The highest BCUT2D eigenvalue weighted by molar-refractivity contribution is 5.81. The number of rotatable bonds is 8. The van der Waals surface area contributed by atoms with Crippen LogP contribution in [0.1, 0.15) is 31.6 Å². The van der Waals surface area contributed by atoms with E-state index in [-0.39, 0.29) is 24.6 Å². The summed E-state index contributed by atoms with van der Waals surface area (Å²) in [4.78, 5) is 12.0. The number of amides is 1. The van der Waals surface area contributed by atoms with Gasteiger partial charge in [-0.15, -0.1) is 0 Å². The molecule has 25 heavy (non-hydrogen) atoms. The molecular weight excluding hydrogens is 320 g/mol. The van der Waals surface area contributed by atoms with Crippen LogP contribution in [0.15, 0.2) is 47.1 Å². The second kappa shape index (κ2) is 8.58. The lowest BCUT2D eigenvalue weighted by Gasteiger charge is -2.14. The van der Waals surface area contributed by atoms with Crippen molar-refractivity contribution in [2.75, 3.05) is 25.1 Å². The molecule has 2 heterocycles. The normalized spacial score (nSPS) is 17.9. The Hall–Kier alpha value is -2.47. The Labute approximate surface area is 147 Å². The van der Waals surface area contributed by atoms with Crippen molar-refractivity contribution >= 4 is 11.6 Å². The summed E-state index contributed by atoms with van der Waals surface area (Å²) in [6, 6.07) is 11.1. The van der Waals surface area contributed by atoms with Crippen molar-refractivity contribution in [1.29, 1.82) is 0 Å². The number of carbonyl (C=O) groups is 1. The van der Waals surface area contributed by atoms with Crippen molar-refractivity contribution in [3.05, 3.63) is 48.4 Å². The molecule has 2 N–H and O–H groups in total. The molecule has 3 rings (SSSR count). The van der Waals surface area contributed by atoms with Gasteiger partial charge in [0.25, 0.3) is 0 Å². The lowest BCUT2D eigenvalue weighted by molar-refractivity contribution is -0.120. The predicted molar refractivity (Wildman–Crippen MR) is 94.7 cm³/mol. The summed E-state index contributed by atoms with van der Waals surface area (Å²) in [5.41, 5.74) is 0.839. The molecule has 6 nitrogen and oxygen atoms in total. The highest BCUT2D eigenvalue weighted by Gasteiger charge is 2.16. The number of hydrogen-bond donors (Lipinski definition) is 2. The van der Waals surface area contributed by atoms with Crippen LogP contribution in [0.5, 0.6) is 5.75 Å². The lowest BCUT2D eigenvalue weighted by Crippen LogP contribution is -2.31. The molecule has 0 saturated carbocycles. The molecule has 1 aromatic heterocycles. The highest BCUT2D eigenvalue weighted by Crippen LogP contribution is 2.19. The van der Waals surface area contributed by atoms with Crippen LogP contribution in [-0.4, -0.2) is 31.8 Å². The summed E-state index contributed by atoms with van der Waals surface area (Å²) in [7, 11) is 0. The second-order valence-electron chi connectivity index (χ2n) is 6.13. The molecule has 0 radical (unpaired) electrons. The molecule has 2 atom stereocenters. The maximum atomic E-state index is 12.0. The molecule has 1 saturated heterocycles. The summed E-state index contributed by atoms with van der Waals surface area (Å²) >= 11 is 0. The average molecular weight is 344 g/mol. The number of benzene rings is 1. The minimum absolute atomic E-state index is 0.102. The maximum Gasteiger partial charge on any atom is 0.239 e. The fourth-order valence-corrected chi connectivity index (χ4v) is 2.74. The quantitative estimate of drug-likeness (QED) is 0.770. The largest absolute Gasteiger partial charge is 0.491 e. The van der Waals surface area contributed by atoms with Crippen molar-refractivity contribution in [1.82, 2.24) is 5.32 Å². The third kappa shape index (κ3) is 5.26. The minimum Gasteiger partial charge on any atom is -0.491 e. The van der Waals surface area contributed by atoms with Gasteiger partial charge in [-0.2, -0.15) is 0 Å². The van der Waals surface area contributed by atoms with Crippen LogP contribution < -0.4 is 15.4 Å². The molecule has 0 unspecified atom stereocenters. The standard InChI is InChI=1S/C19H24N2O4/c1-14(18-8-4-10-24-18)21-19(22)12-20-15-5-2-6-16(11-15)25-13-17-7-3-9-23-17/h2,4-6,8,10-11,14,17,20H,3,7,9,12-13H2,1H3,(H,21,22)/t14-,17+/m1/s1. The second-order valence-corrected chi connectivity index (χ2v) is 6.13. The van der Waals surface area contributed by atoms with Crippen LogP contribution in [0.4, 0.5) is 5.69 Å². The molecule has 2 aromatic rings. The Bertz CT molecular complexity index is 666. The van der Waals surface area contributed by atoms with Gasteiger partial charge >= 0.3 is 0 Å². The van der Waals surface area contributed by atoms with Crippen molar-refractivity contribution < 1.29 is 18.7 Å². The van der Waals surface area contributed by atoms with E-state index >= 15 is 0 Å². The molecule has 1 aliphatic heterocycles. The summed E-state index contributed by atoms with van der Waals surface area (Å²) < 4.78 is 16.6. The molecule has 1 fully saturated rings. The van der Waals surface area contributed by atoms with Gasteiger partial charge in [0, 0.05) is 18.4 Å². The SMILES string of the molecule is C[C@@H](NC(=O)CNc1cccc(OC[C@@H]2CCCO2)c1)c1ccco1. The molecule has 1 amide bonds. The summed E-state index contributed by atoms with van der Waals surface area (Å²) in [5, 5.41) is 6.00. The number of ether oxygens (including phenoxy) is 2. The van der Waals surface area contributed by atoms with E-state index in [1.54, 1.807) is 12.3 Å². The minimum atomic E-state index is -0.162. The Morgan fingerprint density at radius 1 is 1.36 bits per heavy atom. The third-order valence-electron chi connectivity index (χ3n) is 4.09. The molecule has 1 aromatic carbocycles. The molecule has 0 aliphatic carbocycles. The lowest BCUT2D eigenvalue weighted by atomic mass is 10.2. The zero-order valence-electron chi connectivity index (χ0n) is 14.4. The van der Waals surface area contributed by atoms with Crippen LogP contribution in [0.25, 0.3) is 0 Å². The van der Waals surface area contributed by atoms with E-state index in [4.69, 9.17) is 13.9 Å². The molecular formula is C19H24N2O4. The first kappa shape index (κ1) is 17.4. The molecule has 6 heteroatoms. The van der Waals surface area contributed by atoms with E-state index in [0.29, 0.717) is 6.61 Å². The number of nitrogens with one attached hydrogen (secondary N) is 2. The molecule has 1 aliphatic rings. The van der Waals surface area contributed by atoms with Gasteiger partial charge in [0.05, 0.1) is 25.0 Å². The van der Waals surface area contributed by atoms with Crippen LogP contribution in [0.3, 0.4) is 0 Å². The van der Waals surface area contributed by atoms with E-state index in [0.717, 1.165) is 36.6 Å². The van der Waals surface area contributed by atoms with Gasteiger partial charge in [0.15, 0.2) is 0 Å². The van der Waals surface area contributed by atoms with Gasteiger partial charge in [-0.25, -0.2) is 0 Å². The van der Waals surface area contributed by atoms with E-state index < -0.39 is 0 Å². The number of anilines is 1. The number of carbonyl (C=O) groups excluding carboxylic acids is 1. The van der Waals surface area contributed by atoms with Gasteiger partial charge in [0.2, 0.25) is 5.91 Å². The monoisotopic (exact) mass is 344 g/mol. The van der Waals surface area contributed by atoms with Crippen LogP contribution in [0.2, 0.25) is 0 Å². The maximum absolute atomic E-state index is 12.0. The Morgan fingerprint density at radius 2 is 2.28 bits per heavy atom. The van der Waals surface area contributed by atoms with E-state index in [1.807, 2.05) is 37.3 Å². The smallest absolute Gasteiger partial charge is 0.239 e. The Balaban J connectivity index is 1.44. The summed E-state index contributed by atoms with van der Waals surface area (Å²) in [6.45, 7) is 3.45. The molecule has 134 valence electrons. The van der Waals surface area contributed by atoms with Crippen molar-refractivity contribution in [3.63, 3.8) is 0 Å². The highest BCUT2D eigenvalue weighted by atomic mass is 16.5. The zero-order chi connectivity index (χ0) is 17.5. The first-order valence-electron chi connectivity index (χ1n) is 8.62. The Kier molecular flexibility index (Phi) is 5.95. The van der Waals surface area contributed by atoms with E-state index in [1.165, 1.54) is 0 Å². The van der Waals surface area contributed by atoms with Gasteiger partial charge in [-0.1, -0.05) is 6.07 Å². The first-order valence-corrected chi connectivity index (χ1v) is 8.62. The van der Waals surface area contributed by atoms with Crippen LogP contribution in [0, 0.1) is 0 Å². The van der Waals surface area contributed by atoms with Gasteiger partial charge < -0.3 is 24.5 Å². The topological polar surface area (TPSA) is 72.7 Å². The first-order chi connectivity index (χ1) is 12.2. The number of hydrogen-bond acceptors (Lipinski definition) is 5. The predicted octanol–water partition coefficient (Wildman–Crippen LogP) is 3.13. The van der Waals surface area contributed by atoms with Crippen molar-refractivity contribution in [3.8, 4) is 5.75 Å². The fraction of sp³-hybridized carbons (Fsp3) is 0.421. The van der Waals surface area contributed by atoms with Crippen molar-refractivity contribution in [2.45, 2.75) is 31.9 Å². The van der Waals surface area contributed by atoms with Gasteiger partial charge in [-0.05, 0) is 44.0 Å². The van der Waals surface area contributed by atoms with Crippen molar-refractivity contribution in [2.24, 2.45) is 0 Å². The fourth-order valence-electron chi connectivity index (χ4n) is 2.74. The van der Waals surface area contributed by atoms with Gasteiger partial charge in [-0.3, -0.25) is 4.79 Å². The summed E-state index contributed by atoms with van der Waals surface area (Å²) in [6.07, 6.45) is 3.93. The zero-order valence-corrected chi connectivity index (χ0v) is 14.4. The van der Waals surface area contributed by atoms with Crippen LogP contribution in [-0.2, 0) is 9.53 Å². The summed E-state index contributed by atoms with van der Waals surface area (Å²) in [5.74, 6) is 1.40. The molecule has 0 spiro atoms. The van der Waals surface area contributed by atoms with Gasteiger partial charge in [0.1, 0.15) is 18.1 Å². The molecule has 0 bridgehead atoms. The van der Waals surface area contributed by atoms with E-state index in [2.05, 4.69) is 10.6 Å². The third-order valence-corrected chi connectivity index (χ3v) is 4.09. The number of furan rings is 1. The average Bonchev–Trinajstić information content (AvgIpc) is 3.32. The Morgan fingerprint density at radius 3 is 3.04 bits per heavy atom. The van der Waals surface area contributed by atoms with Crippen LogP contribution >= 0.6 is 0 Å².